The van der Waals surface area contributed by atoms with E-state index < -0.39 is 23.3 Å². The van der Waals surface area contributed by atoms with Crippen molar-refractivity contribution < 1.29 is 27.8 Å². The lowest BCUT2D eigenvalue weighted by Crippen LogP contribution is -2.27. The standard InChI is InChI=1S/C6H6ClF3O3/c1-3(4(11)12)2-13-6(9,10)5(7)8/h2,5H,1H3,(H,11,12). The number of hydrogen-bond donors (Lipinski definition) is 1. The zero-order valence-electron chi connectivity index (χ0n) is 6.43. The molecule has 13 heavy (non-hydrogen) atoms. The van der Waals surface area contributed by atoms with Crippen LogP contribution in [-0.2, 0) is 9.53 Å². The van der Waals surface area contributed by atoms with E-state index in [-0.39, 0.29) is 6.26 Å². The van der Waals surface area contributed by atoms with Gasteiger partial charge in [-0.15, -0.1) is 0 Å². The molecule has 0 aromatic rings. The first-order valence-corrected chi connectivity index (χ1v) is 3.45. The molecule has 1 atom stereocenters. The molecular weight excluding hydrogens is 213 g/mol. The summed E-state index contributed by atoms with van der Waals surface area (Å²) in [7, 11) is 0. The Balaban J connectivity index is 4.31. The number of rotatable bonds is 4. The van der Waals surface area contributed by atoms with Gasteiger partial charge in [0.1, 0.15) is 6.26 Å². The lowest BCUT2D eigenvalue weighted by molar-refractivity contribution is -0.225. The molecule has 1 N–H and O–H groups in total. The Morgan fingerprint density at radius 3 is 2.46 bits per heavy atom. The van der Waals surface area contributed by atoms with E-state index in [2.05, 4.69) is 16.3 Å². The molecule has 0 aromatic carbocycles. The fourth-order valence-electron chi connectivity index (χ4n) is 0.269. The van der Waals surface area contributed by atoms with E-state index >= 15 is 0 Å². The van der Waals surface area contributed by atoms with Crippen LogP contribution in [0.3, 0.4) is 0 Å². The minimum Gasteiger partial charge on any atom is -0.478 e. The lowest BCUT2D eigenvalue weighted by Gasteiger charge is -2.14. The maximum atomic E-state index is 12.2. The molecule has 0 bridgehead atoms. The molecule has 0 rings (SSSR count). The minimum absolute atomic E-state index is 0.233. The summed E-state index contributed by atoms with van der Waals surface area (Å²) in [6.07, 6.45) is -3.99. The zero-order chi connectivity index (χ0) is 10.6. The van der Waals surface area contributed by atoms with E-state index in [9.17, 15) is 18.0 Å². The molecule has 0 fully saturated rings. The van der Waals surface area contributed by atoms with Crippen molar-refractivity contribution >= 4 is 17.6 Å². The molecule has 7 heteroatoms. The van der Waals surface area contributed by atoms with Crippen LogP contribution in [0, 0.1) is 0 Å². The summed E-state index contributed by atoms with van der Waals surface area (Å²) in [5.74, 6) is -1.44. The van der Waals surface area contributed by atoms with Gasteiger partial charge in [-0.25, -0.2) is 9.18 Å². The lowest BCUT2D eigenvalue weighted by atomic mass is 10.3. The van der Waals surface area contributed by atoms with Gasteiger partial charge in [0.15, 0.2) is 0 Å². The largest absolute Gasteiger partial charge is 0.478 e. The van der Waals surface area contributed by atoms with Gasteiger partial charge in [0, 0.05) is 0 Å². The van der Waals surface area contributed by atoms with Crippen molar-refractivity contribution in [2.24, 2.45) is 0 Å². The fourth-order valence-corrected chi connectivity index (χ4v) is 0.320. The van der Waals surface area contributed by atoms with Gasteiger partial charge in [-0.1, -0.05) is 11.6 Å². The van der Waals surface area contributed by atoms with Gasteiger partial charge in [-0.05, 0) is 6.92 Å². The summed E-state index contributed by atoms with van der Waals surface area (Å²) in [6, 6.07) is 0. The van der Waals surface area contributed by atoms with Crippen LogP contribution >= 0.6 is 11.6 Å². The first kappa shape index (κ1) is 12.1. The summed E-state index contributed by atoms with van der Waals surface area (Å²) in [5, 5.41) is 8.20. The van der Waals surface area contributed by atoms with Gasteiger partial charge in [0.25, 0.3) is 5.63 Å². The van der Waals surface area contributed by atoms with Crippen LogP contribution in [0.4, 0.5) is 13.2 Å². The van der Waals surface area contributed by atoms with Crippen LogP contribution in [0.2, 0.25) is 0 Å². The third-order valence-corrected chi connectivity index (χ3v) is 1.24. The SMILES string of the molecule is CC(=COC(F)(F)C(F)Cl)C(=O)O. The second-order valence-electron chi connectivity index (χ2n) is 2.09. The van der Waals surface area contributed by atoms with Crippen molar-refractivity contribution in [3.63, 3.8) is 0 Å². The van der Waals surface area contributed by atoms with E-state index in [1.807, 2.05) is 0 Å². The Hall–Kier alpha value is -0.910. The molecular formula is C6H6ClF3O3. The van der Waals surface area contributed by atoms with Crippen molar-refractivity contribution in [1.29, 1.82) is 0 Å². The number of aliphatic carboxylic acids is 1. The van der Waals surface area contributed by atoms with Crippen LogP contribution in [0.15, 0.2) is 11.8 Å². The Morgan fingerprint density at radius 2 is 2.15 bits per heavy atom. The highest BCUT2D eigenvalue weighted by Gasteiger charge is 2.41. The van der Waals surface area contributed by atoms with Gasteiger partial charge in [0.05, 0.1) is 5.57 Å². The van der Waals surface area contributed by atoms with Gasteiger partial charge < -0.3 is 9.84 Å². The summed E-state index contributed by atoms with van der Waals surface area (Å²) in [4.78, 5) is 10.1. The molecule has 0 aliphatic carbocycles. The van der Waals surface area contributed by atoms with Crippen LogP contribution in [0.1, 0.15) is 6.92 Å². The number of carboxylic acids is 1. The second kappa shape index (κ2) is 4.36. The maximum absolute atomic E-state index is 12.2. The molecule has 0 spiro atoms. The van der Waals surface area contributed by atoms with Crippen molar-refractivity contribution in [3.8, 4) is 0 Å². The molecule has 0 saturated carbocycles. The first-order chi connectivity index (χ1) is 5.77. The van der Waals surface area contributed by atoms with E-state index in [1.165, 1.54) is 0 Å². The Morgan fingerprint density at radius 1 is 1.69 bits per heavy atom. The molecule has 0 aliphatic heterocycles. The van der Waals surface area contributed by atoms with Crippen LogP contribution in [-0.4, -0.2) is 22.8 Å². The Bertz CT molecular complexity index is 227. The van der Waals surface area contributed by atoms with E-state index in [1.54, 1.807) is 0 Å². The molecule has 0 aromatic heterocycles. The van der Waals surface area contributed by atoms with Crippen molar-refractivity contribution in [2.45, 2.75) is 18.7 Å². The smallest absolute Gasteiger partial charge is 0.444 e. The Kier molecular flexibility index (Phi) is 4.06. The average Bonchev–Trinajstić information content (AvgIpc) is 1.99. The molecule has 0 radical (unpaired) electrons. The van der Waals surface area contributed by atoms with E-state index in [0.29, 0.717) is 0 Å². The quantitative estimate of drug-likeness (QED) is 0.447. The predicted octanol–water partition coefficient (Wildman–Crippen LogP) is 2.12. The number of alkyl halides is 4. The highest BCUT2D eigenvalue weighted by atomic mass is 35.5. The Labute approximate surface area is 76.7 Å². The molecule has 0 heterocycles. The summed E-state index contributed by atoms with van der Waals surface area (Å²) < 4.78 is 39.8. The third kappa shape index (κ3) is 4.02. The highest BCUT2D eigenvalue weighted by Crippen LogP contribution is 2.26. The fraction of sp³-hybridized carbons (Fsp3) is 0.500. The van der Waals surface area contributed by atoms with Crippen LogP contribution in [0.5, 0.6) is 0 Å². The average molecular weight is 219 g/mol. The normalized spacial score (nSPS) is 15.3. The maximum Gasteiger partial charge on any atom is 0.444 e. The molecule has 0 aliphatic rings. The number of hydrogen-bond acceptors (Lipinski definition) is 2. The molecule has 1 unspecified atom stereocenters. The number of carbonyl (C=O) groups is 1. The summed E-state index contributed by atoms with van der Waals surface area (Å²) >= 11 is 4.41. The van der Waals surface area contributed by atoms with Gasteiger partial charge in [0.2, 0.25) is 0 Å². The number of ether oxygens (including phenoxy) is 1. The molecule has 0 amide bonds. The van der Waals surface area contributed by atoms with Gasteiger partial charge in [-0.3, -0.25) is 0 Å². The summed E-state index contributed by atoms with van der Waals surface area (Å²) in [5.41, 5.74) is -3.51. The van der Waals surface area contributed by atoms with Gasteiger partial charge in [-0.2, -0.15) is 8.78 Å². The van der Waals surface area contributed by atoms with Crippen molar-refractivity contribution in [3.05, 3.63) is 11.8 Å². The number of carboxylic acid groups (broad SMARTS) is 1. The third-order valence-electron chi connectivity index (χ3n) is 0.984. The van der Waals surface area contributed by atoms with Gasteiger partial charge >= 0.3 is 12.1 Å². The number of halogens is 4. The summed E-state index contributed by atoms with van der Waals surface area (Å²) in [6.45, 7) is 1.01. The highest BCUT2D eigenvalue weighted by molar-refractivity contribution is 6.20. The minimum atomic E-state index is -4.22. The predicted molar refractivity (Wildman–Crippen MR) is 38.2 cm³/mol. The van der Waals surface area contributed by atoms with Crippen molar-refractivity contribution in [1.82, 2.24) is 0 Å². The van der Waals surface area contributed by atoms with Crippen molar-refractivity contribution in [2.75, 3.05) is 0 Å². The molecule has 76 valence electrons. The van der Waals surface area contributed by atoms with Crippen LogP contribution in [0.25, 0.3) is 0 Å². The van der Waals surface area contributed by atoms with E-state index in [0.717, 1.165) is 6.92 Å². The second-order valence-corrected chi connectivity index (χ2v) is 2.47. The van der Waals surface area contributed by atoms with E-state index in [4.69, 9.17) is 5.11 Å². The monoisotopic (exact) mass is 218 g/mol. The topological polar surface area (TPSA) is 46.5 Å². The first-order valence-electron chi connectivity index (χ1n) is 3.01. The zero-order valence-corrected chi connectivity index (χ0v) is 7.19. The molecule has 3 nitrogen and oxygen atoms in total. The molecule has 0 saturated heterocycles. The van der Waals surface area contributed by atoms with Crippen LogP contribution < -0.4 is 0 Å².